The molecule has 1 aromatic heterocycles. The van der Waals surface area contributed by atoms with Crippen LogP contribution in [-0.2, 0) is 4.79 Å². The van der Waals surface area contributed by atoms with E-state index in [1.165, 1.54) is 12.1 Å². The zero-order valence-corrected chi connectivity index (χ0v) is 18.9. The summed E-state index contributed by atoms with van der Waals surface area (Å²) in [5.74, 6) is 0.167. The van der Waals surface area contributed by atoms with Gasteiger partial charge in [-0.3, -0.25) is 4.79 Å². The van der Waals surface area contributed by atoms with E-state index in [4.69, 9.17) is 9.15 Å². The normalized spacial score (nSPS) is 12.5. The zero-order chi connectivity index (χ0) is 23.4. The Morgan fingerprint density at radius 3 is 2.55 bits per heavy atom. The van der Waals surface area contributed by atoms with E-state index in [0.29, 0.717) is 17.9 Å². The number of fused-ring (bicyclic) bond motifs is 1. The van der Waals surface area contributed by atoms with Crippen LogP contribution in [0.4, 0.5) is 4.39 Å². The van der Waals surface area contributed by atoms with Crippen molar-refractivity contribution in [1.82, 2.24) is 5.32 Å². The summed E-state index contributed by atoms with van der Waals surface area (Å²) in [5.41, 5.74) is 4.97. The molecule has 1 heterocycles. The molecule has 1 amide bonds. The third kappa shape index (κ3) is 4.98. The van der Waals surface area contributed by atoms with E-state index >= 15 is 0 Å². The van der Waals surface area contributed by atoms with Gasteiger partial charge in [-0.15, -0.1) is 0 Å². The van der Waals surface area contributed by atoms with E-state index < -0.39 is 0 Å². The van der Waals surface area contributed by atoms with Gasteiger partial charge in [0, 0.05) is 28.7 Å². The molecule has 4 rings (SSSR count). The fourth-order valence-electron chi connectivity index (χ4n) is 3.85. The third-order valence-electron chi connectivity index (χ3n) is 5.56. The third-order valence-corrected chi connectivity index (χ3v) is 5.56. The quantitative estimate of drug-likeness (QED) is 0.316. The van der Waals surface area contributed by atoms with Gasteiger partial charge in [0.05, 0.1) is 18.9 Å². The van der Waals surface area contributed by atoms with Gasteiger partial charge in [0.2, 0.25) is 5.91 Å². The Balaban J connectivity index is 1.68. The van der Waals surface area contributed by atoms with Crippen LogP contribution in [-0.4, -0.2) is 12.5 Å². The number of benzene rings is 3. The van der Waals surface area contributed by atoms with Gasteiger partial charge in [-0.25, -0.2) is 4.39 Å². The monoisotopic (exact) mass is 443 g/mol. The molecule has 4 nitrogen and oxygen atoms in total. The summed E-state index contributed by atoms with van der Waals surface area (Å²) >= 11 is 0. The highest BCUT2D eigenvalue weighted by Crippen LogP contribution is 2.37. The van der Waals surface area contributed by atoms with Gasteiger partial charge in [0.1, 0.15) is 17.1 Å². The summed E-state index contributed by atoms with van der Waals surface area (Å²) in [4.78, 5) is 12.7. The van der Waals surface area contributed by atoms with Gasteiger partial charge >= 0.3 is 0 Å². The molecule has 0 saturated carbocycles. The van der Waals surface area contributed by atoms with Crippen LogP contribution in [0.3, 0.4) is 0 Å². The molecule has 0 fully saturated rings. The Hall–Kier alpha value is -3.86. The molecular formula is C28H26FNO3. The highest BCUT2D eigenvalue weighted by molar-refractivity contribution is 6.00. The lowest BCUT2D eigenvalue weighted by atomic mass is 9.99. The average molecular weight is 444 g/mol. The molecule has 3 aromatic carbocycles. The van der Waals surface area contributed by atoms with Crippen LogP contribution in [0.15, 0.2) is 83.5 Å². The van der Waals surface area contributed by atoms with Gasteiger partial charge in [-0.2, -0.15) is 0 Å². The predicted molar refractivity (Wildman–Crippen MR) is 129 cm³/mol. The van der Waals surface area contributed by atoms with Crippen LogP contribution in [0.2, 0.25) is 0 Å². The van der Waals surface area contributed by atoms with Crippen molar-refractivity contribution in [3.8, 4) is 16.9 Å². The number of carbonyl (C=O) groups excluding carboxylic acids is 1. The molecule has 0 aliphatic heterocycles. The fraction of sp³-hybridized carbons (Fsp3) is 0.179. The topological polar surface area (TPSA) is 51.5 Å². The van der Waals surface area contributed by atoms with Gasteiger partial charge in [0.25, 0.3) is 0 Å². The minimum atomic E-state index is -0.291. The molecule has 0 aliphatic rings. The number of hydrogen-bond acceptors (Lipinski definition) is 3. The summed E-state index contributed by atoms with van der Waals surface area (Å²) in [6.45, 7) is 6.23. The number of ether oxygens (including phenoxy) is 1. The second kappa shape index (κ2) is 9.74. The second-order valence-corrected chi connectivity index (χ2v) is 7.90. The van der Waals surface area contributed by atoms with Crippen LogP contribution >= 0.6 is 0 Å². The average Bonchev–Trinajstić information content (AvgIpc) is 3.22. The Morgan fingerprint density at radius 1 is 1.12 bits per heavy atom. The van der Waals surface area contributed by atoms with Gasteiger partial charge in [-0.05, 0) is 55.7 Å². The van der Waals surface area contributed by atoms with Gasteiger partial charge < -0.3 is 14.5 Å². The van der Waals surface area contributed by atoms with Crippen molar-refractivity contribution in [1.29, 1.82) is 0 Å². The first-order valence-corrected chi connectivity index (χ1v) is 10.9. The van der Waals surface area contributed by atoms with Crippen LogP contribution in [0.1, 0.15) is 37.9 Å². The molecule has 4 aromatic rings. The first kappa shape index (κ1) is 22.3. The van der Waals surface area contributed by atoms with Crippen LogP contribution in [0.5, 0.6) is 5.75 Å². The van der Waals surface area contributed by atoms with E-state index in [1.54, 1.807) is 24.5 Å². The number of nitrogens with one attached hydrogen (secondary N) is 1. The van der Waals surface area contributed by atoms with E-state index in [1.807, 2.05) is 63.2 Å². The van der Waals surface area contributed by atoms with Crippen molar-refractivity contribution in [3.63, 3.8) is 0 Å². The SMILES string of the molecule is CCOc1cc2occ(-c3ccc(F)cc3)c2cc1/C(C)=C/C(=O)NC(C)c1ccccc1. The number of carbonyl (C=O) groups is 1. The van der Waals surface area contributed by atoms with E-state index in [-0.39, 0.29) is 17.8 Å². The molecule has 0 spiro atoms. The van der Waals surface area contributed by atoms with Crippen molar-refractivity contribution >= 4 is 22.4 Å². The first-order chi connectivity index (χ1) is 16.0. The number of amides is 1. The van der Waals surface area contributed by atoms with Gasteiger partial charge in [0.15, 0.2) is 0 Å². The number of rotatable bonds is 7. The molecule has 5 heteroatoms. The molecule has 168 valence electrons. The fourth-order valence-corrected chi connectivity index (χ4v) is 3.85. The lowest BCUT2D eigenvalue weighted by molar-refractivity contribution is -0.117. The first-order valence-electron chi connectivity index (χ1n) is 10.9. The van der Waals surface area contributed by atoms with E-state index in [9.17, 15) is 9.18 Å². The summed E-state index contributed by atoms with van der Waals surface area (Å²) in [6, 6.07) is 19.8. The number of halogens is 1. The predicted octanol–water partition coefficient (Wildman–Crippen LogP) is 6.92. The van der Waals surface area contributed by atoms with Crippen LogP contribution in [0.25, 0.3) is 27.7 Å². The number of allylic oxidation sites excluding steroid dienone is 1. The molecule has 0 aliphatic carbocycles. The van der Waals surface area contributed by atoms with Crippen molar-refractivity contribution in [2.45, 2.75) is 26.8 Å². The summed E-state index contributed by atoms with van der Waals surface area (Å²) in [6.07, 6.45) is 3.24. The van der Waals surface area contributed by atoms with Crippen LogP contribution < -0.4 is 10.1 Å². The standard InChI is InChI=1S/C28H26FNO3/c1-4-32-26-16-27-24(25(17-33-27)21-10-12-22(29)13-11-21)15-23(26)18(2)14-28(31)30-19(3)20-8-6-5-7-9-20/h5-17,19H,4H2,1-3H3,(H,30,31)/b18-14+. The summed E-state index contributed by atoms with van der Waals surface area (Å²) in [7, 11) is 0. The van der Waals surface area contributed by atoms with Crippen molar-refractivity contribution in [2.24, 2.45) is 0 Å². The molecule has 1 N–H and O–H groups in total. The summed E-state index contributed by atoms with van der Waals surface area (Å²) in [5, 5.41) is 3.88. The Labute approximate surface area is 192 Å². The smallest absolute Gasteiger partial charge is 0.244 e. The van der Waals surface area contributed by atoms with Crippen molar-refractivity contribution < 1.29 is 18.3 Å². The number of furan rings is 1. The maximum atomic E-state index is 13.4. The Bertz CT molecular complexity index is 1290. The second-order valence-electron chi connectivity index (χ2n) is 7.90. The number of hydrogen-bond donors (Lipinski definition) is 1. The van der Waals surface area contributed by atoms with Crippen molar-refractivity contribution in [3.05, 3.63) is 96.0 Å². The minimum absolute atomic E-state index is 0.115. The van der Waals surface area contributed by atoms with E-state index in [0.717, 1.165) is 33.2 Å². The molecular weight excluding hydrogens is 417 g/mol. The zero-order valence-electron chi connectivity index (χ0n) is 18.9. The maximum Gasteiger partial charge on any atom is 0.244 e. The maximum absolute atomic E-state index is 13.4. The Morgan fingerprint density at radius 2 is 1.85 bits per heavy atom. The highest BCUT2D eigenvalue weighted by Gasteiger charge is 2.16. The molecule has 1 unspecified atom stereocenters. The molecule has 33 heavy (non-hydrogen) atoms. The lowest BCUT2D eigenvalue weighted by Crippen LogP contribution is -2.24. The molecule has 0 radical (unpaired) electrons. The summed E-state index contributed by atoms with van der Waals surface area (Å²) < 4.78 is 25.0. The van der Waals surface area contributed by atoms with Crippen molar-refractivity contribution in [2.75, 3.05) is 6.61 Å². The Kier molecular flexibility index (Phi) is 6.59. The van der Waals surface area contributed by atoms with Crippen LogP contribution in [0, 0.1) is 5.82 Å². The highest BCUT2D eigenvalue weighted by atomic mass is 19.1. The molecule has 1 atom stereocenters. The van der Waals surface area contributed by atoms with Gasteiger partial charge in [-0.1, -0.05) is 42.5 Å². The largest absolute Gasteiger partial charge is 0.493 e. The minimum Gasteiger partial charge on any atom is -0.493 e. The van der Waals surface area contributed by atoms with E-state index in [2.05, 4.69) is 5.32 Å². The molecule has 0 saturated heterocycles. The lowest BCUT2D eigenvalue weighted by Gasteiger charge is -2.14. The molecule has 0 bridgehead atoms.